The third-order valence-corrected chi connectivity index (χ3v) is 4.68. The molecule has 1 aromatic carbocycles. The third kappa shape index (κ3) is 3.32. The van der Waals surface area contributed by atoms with E-state index >= 15 is 0 Å². The van der Waals surface area contributed by atoms with Gasteiger partial charge in [0.05, 0.1) is 0 Å². The maximum Gasteiger partial charge on any atom is 0.221 e. The Balaban J connectivity index is 2.81. The minimum atomic E-state index is -2.66. The van der Waals surface area contributed by atoms with Gasteiger partial charge in [-0.05, 0) is 13.1 Å². The molecule has 0 bridgehead atoms. The summed E-state index contributed by atoms with van der Waals surface area (Å²) in [5.74, 6) is 0. The van der Waals surface area contributed by atoms with Gasteiger partial charge in [0.2, 0.25) is 5.52 Å². The van der Waals surface area contributed by atoms with Gasteiger partial charge in [0, 0.05) is 11.7 Å². The van der Waals surface area contributed by atoms with Crippen LogP contribution in [0.3, 0.4) is 0 Å². The van der Waals surface area contributed by atoms with Crippen LogP contribution in [0.5, 0.6) is 0 Å². The largest absolute Gasteiger partial charge is 0.315 e. The molecule has 0 N–H and O–H groups in total. The molecule has 3 heteroatoms. The lowest BCUT2D eigenvalue weighted by Crippen LogP contribution is -2.03. The second kappa shape index (κ2) is 5.27. The number of carbonyl (C=O) groups is 1. The molecule has 0 fully saturated rings. The highest BCUT2D eigenvalue weighted by molar-refractivity contribution is 7.80. The summed E-state index contributed by atoms with van der Waals surface area (Å²) >= 11 is 0. The number of unbranched alkanes of at least 4 members (excludes halogenated alkanes) is 1. The summed E-state index contributed by atoms with van der Waals surface area (Å²) in [5.41, 5.74) is 0.385. The molecule has 0 saturated heterocycles. The molecule has 0 spiro atoms. The first-order valence-electron chi connectivity index (χ1n) is 5.24. The average molecular weight is 224 g/mol. The highest BCUT2D eigenvalue weighted by atomic mass is 31.2. The molecule has 15 heavy (non-hydrogen) atoms. The molecule has 0 saturated carbocycles. The Morgan fingerprint density at radius 1 is 1.27 bits per heavy atom. The molecule has 0 aliphatic carbocycles. The summed E-state index contributed by atoms with van der Waals surface area (Å²) in [6, 6.07) is 8.90. The van der Waals surface area contributed by atoms with Crippen LogP contribution >= 0.6 is 7.14 Å². The van der Waals surface area contributed by atoms with Gasteiger partial charge in [0.25, 0.3) is 0 Å². The molecule has 0 aliphatic heterocycles. The van der Waals surface area contributed by atoms with Crippen LogP contribution in [-0.4, -0.2) is 18.4 Å². The van der Waals surface area contributed by atoms with E-state index in [4.69, 9.17) is 0 Å². The third-order valence-electron chi connectivity index (χ3n) is 2.39. The molecule has 1 atom stereocenters. The Morgan fingerprint density at radius 3 is 2.40 bits per heavy atom. The summed E-state index contributed by atoms with van der Waals surface area (Å²) < 4.78 is 12.1. The van der Waals surface area contributed by atoms with Crippen molar-refractivity contribution in [3.63, 3.8) is 0 Å². The van der Waals surface area contributed by atoms with Crippen LogP contribution in [0.25, 0.3) is 0 Å². The minimum Gasteiger partial charge on any atom is -0.315 e. The summed E-state index contributed by atoms with van der Waals surface area (Å²) in [6.07, 6.45) is 2.35. The van der Waals surface area contributed by atoms with E-state index in [1.165, 1.54) is 0 Å². The number of hydrogen-bond donors (Lipinski definition) is 0. The molecule has 0 heterocycles. The van der Waals surface area contributed by atoms with Crippen molar-refractivity contribution in [2.75, 3.05) is 12.8 Å². The molecular weight excluding hydrogens is 207 g/mol. The summed E-state index contributed by atoms with van der Waals surface area (Å²) in [5, 5.41) is 0. The van der Waals surface area contributed by atoms with Crippen molar-refractivity contribution in [3.8, 4) is 0 Å². The quantitative estimate of drug-likeness (QED) is 0.716. The lowest BCUT2D eigenvalue weighted by molar-refractivity contribution is 0.107. The van der Waals surface area contributed by atoms with Crippen molar-refractivity contribution in [2.24, 2.45) is 0 Å². The maximum atomic E-state index is 12.1. The van der Waals surface area contributed by atoms with Gasteiger partial charge in [-0.3, -0.25) is 4.79 Å². The maximum absolute atomic E-state index is 12.1. The van der Waals surface area contributed by atoms with Gasteiger partial charge < -0.3 is 4.57 Å². The predicted molar refractivity (Wildman–Crippen MR) is 64.1 cm³/mol. The van der Waals surface area contributed by atoms with E-state index in [1.54, 1.807) is 30.9 Å². The van der Waals surface area contributed by atoms with E-state index in [1.807, 2.05) is 13.0 Å². The zero-order valence-electron chi connectivity index (χ0n) is 9.27. The van der Waals surface area contributed by atoms with E-state index in [0.29, 0.717) is 11.7 Å². The van der Waals surface area contributed by atoms with Crippen molar-refractivity contribution in [3.05, 3.63) is 35.9 Å². The van der Waals surface area contributed by atoms with Crippen LogP contribution in [0.1, 0.15) is 30.1 Å². The fourth-order valence-electron chi connectivity index (χ4n) is 1.42. The molecule has 1 unspecified atom stereocenters. The molecular formula is C12H17O2P. The molecule has 2 nitrogen and oxygen atoms in total. The van der Waals surface area contributed by atoms with Gasteiger partial charge in [-0.15, -0.1) is 0 Å². The van der Waals surface area contributed by atoms with Crippen LogP contribution in [0.15, 0.2) is 30.3 Å². The molecule has 0 amide bonds. The Labute approximate surface area is 91.1 Å². The van der Waals surface area contributed by atoms with Gasteiger partial charge >= 0.3 is 0 Å². The Kier molecular flexibility index (Phi) is 4.28. The molecule has 1 rings (SSSR count). The van der Waals surface area contributed by atoms with Gasteiger partial charge in [0.1, 0.15) is 0 Å². The summed E-state index contributed by atoms with van der Waals surface area (Å²) in [6.45, 7) is 3.63. The van der Waals surface area contributed by atoms with E-state index in [0.717, 1.165) is 12.8 Å². The molecule has 0 radical (unpaired) electrons. The SMILES string of the molecule is CCCCP(C)(=O)C(=O)c1ccccc1. The Bertz CT molecular complexity index is 370. The van der Waals surface area contributed by atoms with Crippen LogP contribution in [0.4, 0.5) is 0 Å². The zero-order valence-corrected chi connectivity index (χ0v) is 10.2. The van der Waals surface area contributed by atoms with E-state index in [2.05, 4.69) is 0 Å². The van der Waals surface area contributed by atoms with Crippen molar-refractivity contribution in [1.82, 2.24) is 0 Å². The van der Waals surface area contributed by atoms with E-state index in [9.17, 15) is 9.36 Å². The van der Waals surface area contributed by atoms with Crippen molar-refractivity contribution < 1.29 is 9.36 Å². The van der Waals surface area contributed by atoms with E-state index < -0.39 is 7.14 Å². The lowest BCUT2D eigenvalue weighted by atomic mass is 10.2. The topological polar surface area (TPSA) is 34.1 Å². The molecule has 1 aromatic rings. The fraction of sp³-hybridized carbons (Fsp3) is 0.417. The summed E-state index contributed by atoms with van der Waals surface area (Å²) in [4.78, 5) is 11.9. The minimum absolute atomic E-state index is 0.184. The fourth-order valence-corrected chi connectivity index (χ4v) is 3.23. The highest BCUT2D eigenvalue weighted by Crippen LogP contribution is 2.45. The van der Waals surface area contributed by atoms with Gasteiger partial charge in [-0.2, -0.15) is 0 Å². The van der Waals surface area contributed by atoms with Gasteiger partial charge in [-0.1, -0.05) is 43.7 Å². The van der Waals surface area contributed by atoms with Crippen molar-refractivity contribution in [2.45, 2.75) is 19.8 Å². The first kappa shape index (κ1) is 12.2. The molecule has 82 valence electrons. The van der Waals surface area contributed by atoms with Crippen molar-refractivity contribution in [1.29, 1.82) is 0 Å². The highest BCUT2D eigenvalue weighted by Gasteiger charge is 2.25. The van der Waals surface area contributed by atoms with Gasteiger partial charge in [-0.25, -0.2) is 0 Å². The number of benzene rings is 1. The van der Waals surface area contributed by atoms with Crippen LogP contribution < -0.4 is 0 Å². The second-order valence-electron chi connectivity index (χ2n) is 3.85. The first-order chi connectivity index (χ1) is 7.08. The smallest absolute Gasteiger partial charge is 0.221 e. The predicted octanol–water partition coefficient (Wildman–Crippen LogP) is 3.62. The second-order valence-corrected chi connectivity index (χ2v) is 6.90. The average Bonchev–Trinajstić information content (AvgIpc) is 2.26. The monoisotopic (exact) mass is 224 g/mol. The number of rotatable bonds is 5. The van der Waals surface area contributed by atoms with Crippen molar-refractivity contribution >= 4 is 12.7 Å². The zero-order chi connectivity index (χ0) is 11.3. The number of carbonyl (C=O) groups excluding carboxylic acids is 1. The summed E-state index contributed by atoms with van der Waals surface area (Å²) in [7, 11) is -2.66. The van der Waals surface area contributed by atoms with Gasteiger partial charge in [0.15, 0.2) is 7.14 Å². The normalized spacial score (nSPS) is 14.5. The standard InChI is InChI=1S/C12H17O2P/c1-3-4-10-15(2,14)12(13)11-8-6-5-7-9-11/h5-9H,3-4,10H2,1-2H3. The number of hydrogen-bond acceptors (Lipinski definition) is 2. The Morgan fingerprint density at radius 2 is 1.87 bits per heavy atom. The van der Waals surface area contributed by atoms with Crippen LogP contribution in [0, 0.1) is 0 Å². The van der Waals surface area contributed by atoms with Crippen LogP contribution in [0.2, 0.25) is 0 Å². The van der Waals surface area contributed by atoms with E-state index in [-0.39, 0.29) is 5.52 Å². The molecule has 0 aliphatic rings. The molecule has 0 aromatic heterocycles. The lowest BCUT2D eigenvalue weighted by Gasteiger charge is -2.10. The Hall–Kier alpha value is -0.880. The first-order valence-corrected chi connectivity index (χ1v) is 7.58. The van der Waals surface area contributed by atoms with Crippen LogP contribution in [-0.2, 0) is 4.57 Å².